The van der Waals surface area contributed by atoms with E-state index in [0.29, 0.717) is 40.3 Å². The summed E-state index contributed by atoms with van der Waals surface area (Å²) in [5.41, 5.74) is 3.71. The van der Waals surface area contributed by atoms with Gasteiger partial charge in [0, 0.05) is 5.56 Å². The molecule has 0 spiro atoms. The lowest BCUT2D eigenvalue weighted by Gasteiger charge is -2.13. The number of cyclic esters (lactones) is 1. The maximum absolute atomic E-state index is 12.4. The van der Waals surface area contributed by atoms with Crippen molar-refractivity contribution in [3.63, 3.8) is 0 Å². The average molecular weight is 482 g/mol. The third kappa shape index (κ3) is 5.56. The van der Waals surface area contributed by atoms with E-state index >= 15 is 0 Å². The Morgan fingerprint density at radius 3 is 2.58 bits per heavy atom. The van der Waals surface area contributed by atoms with Crippen molar-refractivity contribution in [3.05, 3.63) is 98.7 Å². The summed E-state index contributed by atoms with van der Waals surface area (Å²) in [5.74, 6) is 0.829. The Bertz CT molecular complexity index is 1270. The molecule has 0 aromatic heterocycles. The number of esters is 1. The lowest BCUT2D eigenvalue weighted by atomic mass is 10.1. The smallest absolute Gasteiger partial charge is 0.363 e. The van der Waals surface area contributed by atoms with Crippen molar-refractivity contribution >= 4 is 41.1 Å². The lowest BCUT2D eigenvalue weighted by Crippen LogP contribution is -2.05. The molecule has 0 amide bonds. The van der Waals surface area contributed by atoms with Crippen LogP contribution < -0.4 is 9.47 Å². The summed E-state index contributed by atoms with van der Waals surface area (Å²) in [6, 6.07) is 18.5. The Morgan fingerprint density at radius 2 is 1.82 bits per heavy atom. The van der Waals surface area contributed by atoms with Crippen LogP contribution in [0.1, 0.15) is 29.2 Å². The molecule has 33 heavy (non-hydrogen) atoms. The molecular weight excluding hydrogens is 461 g/mol. The number of benzene rings is 3. The third-order valence-corrected chi connectivity index (χ3v) is 5.57. The van der Waals surface area contributed by atoms with Crippen molar-refractivity contribution in [3.8, 4) is 11.5 Å². The number of ether oxygens (including phenoxy) is 3. The minimum Gasteiger partial charge on any atom is -0.490 e. The average Bonchev–Trinajstić information content (AvgIpc) is 3.15. The molecule has 1 heterocycles. The van der Waals surface area contributed by atoms with E-state index in [1.165, 1.54) is 5.56 Å². The van der Waals surface area contributed by atoms with Crippen molar-refractivity contribution in [1.29, 1.82) is 0 Å². The number of carbonyl (C=O) groups is 1. The predicted molar refractivity (Wildman–Crippen MR) is 130 cm³/mol. The highest BCUT2D eigenvalue weighted by atomic mass is 35.5. The first-order valence-electron chi connectivity index (χ1n) is 10.4. The molecule has 0 saturated heterocycles. The van der Waals surface area contributed by atoms with Crippen LogP contribution in [-0.2, 0) is 16.1 Å². The van der Waals surface area contributed by atoms with Gasteiger partial charge in [-0.3, -0.25) is 0 Å². The van der Waals surface area contributed by atoms with Crippen LogP contribution >= 0.6 is 23.2 Å². The van der Waals surface area contributed by atoms with Gasteiger partial charge < -0.3 is 14.2 Å². The van der Waals surface area contributed by atoms with Crippen molar-refractivity contribution in [2.45, 2.75) is 20.5 Å². The molecular formula is C26H21Cl2NO4. The zero-order valence-corrected chi connectivity index (χ0v) is 19.6. The van der Waals surface area contributed by atoms with Gasteiger partial charge >= 0.3 is 5.97 Å². The van der Waals surface area contributed by atoms with Crippen LogP contribution in [0.5, 0.6) is 11.5 Å². The SMILES string of the molecule is CCOc1cc(/C=C2\N=C(c3ccc(Cl)c(Cl)c3)OC2=O)ccc1OCc1cccc(C)c1. The zero-order valence-electron chi connectivity index (χ0n) is 18.1. The van der Waals surface area contributed by atoms with Crippen molar-refractivity contribution in [2.24, 2.45) is 4.99 Å². The van der Waals surface area contributed by atoms with Crippen molar-refractivity contribution < 1.29 is 19.0 Å². The monoisotopic (exact) mass is 481 g/mol. The number of nitrogens with zero attached hydrogens (tertiary/aromatic N) is 1. The first-order valence-corrected chi connectivity index (χ1v) is 11.1. The normalized spacial score (nSPS) is 14.2. The number of hydrogen-bond acceptors (Lipinski definition) is 5. The van der Waals surface area contributed by atoms with Gasteiger partial charge in [-0.1, -0.05) is 59.1 Å². The van der Waals surface area contributed by atoms with E-state index in [9.17, 15) is 4.79 Å². The molecule has 3 aromatic rings. The molecule has 0 bridgehead atoms. The molecule has 1 aliphatic rings. The number of aliphatic imine (C=N–C) groups is 1. The first kappa shape index (κ1) is 22.9. The second kappa shape index (κ2) is 10.1. The fourth-order valence-corrected chi connectivity index (χ4v) is 3.58. The summed E-state index contributed by atoms with van der Waals surface area (Å²) in [7, 11) is 0. The van der Waals surface area contributed by atoms with Crippen LogP contribution in [0.2, 0.25) is 10.0 Å². The van der Waals surface area contributed by atoms with Gasteiger partial charge in [0.25, 0.3) is 0 Å². The Morgan fingerprint density at radius 1 is 0.970 bits per heavy atom. The lowest BCUT2D eigenvalue weighted by molar-refractivity contribution is -0.129. The molecule has 7 heteroatoms. The minimum atomic E-state index is -0.547. The number of hydrogen-bond donors (Lipinski definition) is 0. The molecule has 0 atom stereocenters. The summed E-state index contributed by atoms with van der Waals surface area (Å²) >= 11 is 12.0. The van der Waals surface area contributed by atoms with E-state index in [1.807, 2.05) is 50.2 Å². The second-order valence-corrected chi connectivity index (χ2v) is 8.20. The van der Waals surface area contributed by atoms with Crippen LogP contribution in [0.15, 0.2) is 71.4 Å². The van der Waals surface area contributed by atoms with Crippen LogP contribution in [-0.4, -0.2) is 18.5 Å². The molecule has 0 fully saturated rings. The van der Waals surface area contributed by atoms with E-state index in [2.05, 4.69) is 11.1 Å². The fraction of sp³-hybridized carbons (Fsp3) is 0.154. The van der Waals surface area contributed by atoms with Gasteiger partial charge in [0.05, 0.1) is 16.7 Å². The standard InChI is InChI=1S/C26H21Cl2NO4/c1-3-31-24-13-17(7-10-23(24)32-15-18-6-4-5-16(2)11-18)12-22-26(30)33-25(29-22)19-8-9-20(27)21(28)14-19/h4-14H,3,15H2,1-2H3/b22-12-. The quantitative estimate of drug-likeness (QED) is 0.280. The fourth-order valence-electron chi connectivity index (χ4n) is 3.28. The van der Waals surface area contributed by atoms with Gasteiger partial charge in [0.15, 0.2) is 17.2 Å². The van der Waals surface area contributed by atoms with Crippen LogP contribution in [0, 0.1) is 6.92 Å². The maximum atomic E-state index is 12.4. The number of carbonyl (C=O) groups excluding carboxylic acids is 1. The molecule has 168 valence electrons. The summed E-state index contributed by atoms with van der Waals surface area (Å²) < 4.78 is 17.1. The maximum Gasteiger partial charge on any atom is 0.363 e. The van der Waals surface area contributed by atoms with Crippen LogP contribution in [0.25, 0.3) is 6.08 Å². The van der Waals surface area contributed by atoms with Crippen molar-refractivity contribution in [1.82, 2.24) is 0 Å². The number of rotatable bonds is 7. The zero-order chi connectivity index (χ0) is 23.4. The topological polar surface area (TPSA) is 57.1 Å². The Balaban J connectivity index is 1.56. The Kier molecular flexibility index (Phi) is 7.02. The van der Waals surface area contributed by atoms with Crippen LogP contribution in [0.4, 0.5) is 0 Å². The van der Waals surface area contributed by atoms with E-state index in [4.69, 9.17) is 37.4 Å². The summed E-state index contributed by atoms with van der Waals surface area (Å²) in [4.78, 5) is 16.7. The summed E-state index contributed by atoms with van der Waals surface area (Å²) in [6.45, 7) is 4.84. The highest BCUT2D eigenvalue weighted by Crippen LogP contribution is 2.31. The van der Waals surface area contributed by atoms with Crippen molar-refractivity contribution in [2.75, 3.05) is 6.61 Å². The predicted octanol–water partition coefficient (Wildman–Crippen LogP) is 6.62. The molecule has 3 aromatic carbocycles. The van der Waals surface area contributed by atoms with Crippen LogP contribution in [0.3, 0.4) is 0 Å². The van der Waals surface area contributed by atoms with Gasteiger partial charge in [-0.15, -0.1) is 0 Å². The summed E-state index contributed by atoms with van der Waals surface area (Å²) in [5, 5.41) is 0.766. The molecule has 1 aliphatic heterocycles. The second-order valence-electron chi connectivity index (χ2n) is 7.38. The highest BCUT2D eigenvalue weighted by molar-refractivity contribution is 6.42. The molecule has 0 radical (unpaired) electrons. The summed E-state index contributed by atoms with van der Waals surface area (Å²) in [6.07, 6.45) is 1.64. The largest absolute Gasteiger partial charge is 0.490 e. The molecule has 4 rings (SSSR count). The first-order chi connectivity index (χ1) is 15.9. The Hall–Kier alpha value is -3.28. The van der Waals surface area contributed by atoms with E-state index in [-0.39, 0.29) is 11.6 Å². The highest BCUT2D eigenvalue weighted by Gasteiger charge is 2.24. The molecule has 0 unspecified atom stereocenters. The van der Waals surface area contributed by atoms with Gasteiger partial charge in [-0.05, 0) is 61.4 Å². The van der Waals surface area contributed by atoms with E-state index < -0.39 is 5.97 Å². The Labute approximate surface area is 202 Å². The molecule has 5 nitrogen and oxygen atoms in total. The third-order valence-electron chi connectivity index (χ3n) is 4.83. The number of aryl methyl sites for hydroxylation is 1. The van der Waals surface area contributed by atoms with Gasteiger partial charge in [-0.2, -0.15) is 0 Å². The van der Waals surface area contributed by atoms with Gasteiger partial charge in [0.1, 0.15) is 6.61 Å². The van der Waals surface area contributed by atoms with Gasteiger partial charge in [0.2, 0.25) is 5.90 Å². The number of halogens is 2. The van der Waals surface area contributed by atoms with Gasteiger partial charge in [-0.25, -0.2) is 9.79 Å². The van der Waals surface area contributed by atoms with E-state index in [0.717, 1.165) is 11.1 Å². The molecule has 0 aliphatic carbocycles. The van der Waals surface area contributed by atoms with E-state index in [1.54, 1.807) is 24.3 Å². The molecule has 0 saturated carbocycles. The minimum absolute atomic E-state index is 0.173. The molecule has 0 N–H and O–H groups in total.